The molecule has 1 aliphatic heterocycles. The van der Waals surface area contributed by atoms with Crippen molar-refractivity contribution in [1.29, 1.82) is 0 Å². The first-order valence-electron chi connectivity index (χ1n) is 6.86. The molecule has 1 aliphatic rings. The lowest BCUT2D eigenvalue weighted by Crippen LogP contribution is -2.44. The van der Waals surface area contributed by atoms with E-state index in [0.717, 1.165) is 12.8 Å². The van der Waals surface area contributed by atoms with Gasteiger partial charge in [0.05, 0.1) is 0 Å². The van der Waals surface area contributed by atoms with Gasteiger partial charge in [-0.15, -0.1) is 0 Å². The van der Waals surface area contributed by atoms with Crippen molar-refractivity contribution >= 4 is 29.1 Å². The van der Waals surface area contributed by atoms with E-state index >= 15 is 0 Å². The summed E-state index contributed by atoms with van der Waals surface area (Å²) in [6.07, 6.45) is 1.59. The Morgan fingerprint density at radius 2 is 1.95 bits per heavy atom. The van der Waals surface area contributed by atoms with Crippen molar-refractivity contribution in [3.8, 4) is 0 Å². The Kier molecular flexibility index (Phi) is 4.65. The van der Waals surface area contributed by atoms with Crippen LogP contribution < -0.4 is 5.32 Å². The lowest BCUT2D eigenvalue weighted by atomic mass is 10.1. The Morgan fingerprint density at radius 3 is 2.55 bits per heavy atom. The molecular formula is C15H19ClN2O2. The first-order valence-corrected chi connectivity index (χ1v) is 7.23. The third-order valence-corrected chi connectivity index (χ3v) is 3.70. The van der Waals surface area contributed by atoms with Crippen molar-refractivity contribution in [3.63, 3.8) is 0 Å². The Hall–Kier alpha value is -1.55. The highest BCUT2D eigenvalue weighted by molar-refractivity contribution is 6.30. The van der Waals surface area contributed by atoms with E-state index in [-0.39, 0.29) is 23.8 Å². The van der Waals surface area contributed by atoms with Crippen LogP contribution in [0.3, 0.4) is 0 Å². The van der Waals surface area contributed by atoms with Gasteiger partial charge in [0.15, 0.2) is 0 Å². The summed E-state index contributed by atoms with van der Waals surface area (Å²) in [5.74, 6) is -0.170. The zero-order chi connectivity index (χ0) is 14.7. The van der Waals surface area contributed by atoms with Gasteiger partial charge in [0.1, 0.15) is 6.04 Å². The Morgan fingerprint density at radius 1 is 1.30 bits per heavy atom. The predicted molar refractivity (Wildman–Crippen MR) is 79.7 cm³/mol. The van der Waals surface area contributed by atoms with Crippen molar-refractivity contribution in [2.75, 3.05) is 11.9 Å². The van der Waals surface area contributed by atoms with Crippen LogP contribution >= 0.6 is 11.6 Å². The molecule has 20 heavy (non-hydrogen) atoms. The normalized spacial score (nSPS) is 18.4. The molecule has 4 nitrogen and oxygen atoms in total. The number of nitrogens with one attached hydrogen (secondary N) is 1. The molecule has 108 valence electrons. The minimum absolute atomic E-state index is 0.0405. The van der Waals surface area contributed by atoms with Crippen molar-refractivity contribution in [2.45, 2.75) is 32.7 Å². The maximum Gasteiger partial charge on any atom is 0.247 e. The molecule has 0 aliphatic carbocycles. The number of rotatable bonds is 3. The maximum absolute atomic E-state index is 12.3. The molecule has 0 bridgehead atoms. The van der Waals surface area contributed by atoms with Crippen molar-refractivity contribution in [1.82, 2.24) is 4.90 Å². The molecule has 0 saturated carbocycles. The van der Waals surface area contributed by atoms with Crippen LogP contribution in [0.25, 0.3) is 0 Å². The maximum atomic E-state index is 12.3. The number of benzene rings is 1. The van der Waals surface area contributed by atoms with Crippen LogP contribution in [0.1, 0.15) is 26.7 Å². The minimum atomic E-state index is -0.361. The van der Waals surface area contributed by atoms with Gasteiger partial charge in [-0.1, -0.05) is 25.4 Å². The van der Waals surface area contributed by atoms with Gasteiger partial charge >= 0.3 is 0 Å². The summed E-state index contributed by atoms with van der Waals surface area (Å²) in [6, 6.07) is 6.60. The fourth-order valence-electron chi connectivity index (χ4n) is 2.39. The van der Waals surface area contributed by atoms with Crippen molar-refractivity contribution in [2.24, 2.45) is 5.92 Å². The highest BCUT2D eigenvalue weighted by Gasteiger charge is 2.34. The SMILES string of the molecule is CC(C)C(=O)N1CCC[C@@H]1C(=O)Nc1ccc(Cl)cc1. The number of hydrogen-bond acceptors (Lipinski definition) is 2. The van der Waals surface area contributed by atoms with Crippen LogP contribution in [0.15, 0.2) is 24.3 Å². The fraction of sp³-hybridized carbons (Fsp3) is 0.467. The molecule has 2 amide bonds. The van der Waals surface area contributed by atoms with E-state index in [2.05, 4.69) is 5.32 Å². The lowest BCUT2D eigenvalue weighted by Gasteiger charge is -2.25. The Bertz CT molecular complexity index is 499. The van der Waals surface area contributed by atoms with Gasteiger partial charge in [-0.3, -0.25) is 9.59 Å². The standard InChI is InChI=1S/C15H19ClN2O2/c1-10(2)15(20)18-9-3-4-13(18)14(19)17-12-7-5-11(16)6-8-12/h5-8,10,13H,3-4,9H2,1-2H3,(H,17,19)/t13-/m1/s1. The second kappa shape index (κ2) is 6.27. The molecule has 1 atom stereocenters. The summed E-state index contributed by atoms with van der Waals surface area (Å²) >= 11 is 5.81. The van der Waals surface area contributed by atoms with Crippen molar-refractivity contribution < 1.29 is 9.59 Å². The average molecular weight is 295 g/mol. The van der Waals surface area contributed by atoms with Gasteiger partial charge in [0, 0.05) is 23.2 Å². The van der Waals surface area contributed by atoms with E-state index in [1.165, 1.54) is 0 Å². The number of carbonyl (C=O) groups excluding carboxylic acids is 2. The molecule has 1 saturated heterocycles. The average Bonchev–Trinajstić information content (AvgIpc) is 2.89. The van der Waals surface area contributed by atoms with E-state index in [9.17, 15) is 9.59 Å². The van der Waals surface area contributed by atoms with E-state index in [1.807, 2.05) is 13.8 Å². The van der Waals surface area contributed by atoms with E-state index in [1.54, 1.807) is 29.2 Å². The van der Waals surface area contributed by atoms with E-state index < -0.39 is 0 Å². The number of anilines is 1. The predicted octanol–water partition coefficient (Wildman–Crippen LogP) is 2.93. The molecule has 0 spiro atoms. The van der Waals surface area contributed by atoms with Crippen LogP contribution in [0, 0.1) is 5.92 Å². The topological polar surface area (TPSA) is 49.4 Å². The summed E-state index contributed by atoms with van der Waals surface area (Å²) in [6.45, 7) is 4.37. The van der Waals surface area contributed by atoms with Gasteiger partial charge in [0.25, 0.3) is 0 Å². The van der Waals surface area contributed by atoms with Gasteiger partial charge < -0.3 is 10.2 Å². The molecule has 1 heterocycles. The van der Waals surface area contributed by atoms with Gasteiger partial charge in [-0.2, -0.15) is 0 Å². The largest absolute Gasteiger partial charge is 0.330 e. The van der Waals surface area contributed by atoms with Crippen LogP contribution in [-0.4, -0.2) is 29.3 Å². The summed E-state index contributed by atoms with van der Waals surface area (Å²) in [4.78, 5) is 26.1. The second-order valence-corrected chi connectivity index (χ2v) is 5.78. The zero-order valence-electron chi connectivity index (χ0n) is 11.7. The monoisotopic (exact) mass is 294 g/mol. The summed E-state index contributed by atoms with van der Waals surface area (Å²) in [7, 11) is 0. The first kappa shape index (κ1) is 14.9. The van der Waals surface area contributed by atoms with Gasteiger partial charge in [-0.25, -0.2) is 0 Å². The van der Waals surface area contributed by atoms with Crippen molar-refractivity contribution in [3.05, 3.63) is 29.3 Å². The fourth-order valence-corrected chi connectivity index (χ4v) is 2.52. The van der Waals surface area contributed by atoms with Crippen LogP contribution in [0.5, 0.6) is 0 Å². The minimum Gasteiger partial charge on any atom is -0.330 e. The quantitative estimate of drug-likeness (QED) is 0.932. The third-order valence-electron chi connectivity index (χ3n) is 3.44. The second-order valence-electron chi connectivity index (χ2n) is 5.34. The molecule has 1 aromatic carbocycles. The molecule has 2 rings (SSSR count). The molecule has 0 radical (unpaired) electrons. The zero-order valence-corrected chi connectivity index (χ0v) is 12.5. The number of amides is 2. The number of carbonyl (C=O) groups is 2. The molecule has 5 heteroatoms. The van der Waals surface area contributed by atoms with E-state index in [4.69, 9.17) is 11.6 Å². The summed E-state index contributed by atoms with van der Waals surface area (Å²) in [5, 5.41) is 3.47. The molecule has 0 aromatic heterocycles. The van der Waals surface area contributed by atoms with Crippen LogP contribution in [0.4, 0.5) is 5.69 Å². The molecule has 1 N–H and O–H groups in total. The first-order chi connectivity index (χ1) is 9.49. The molecule has 0 unspecified atom stereocenters. The van der Waals surface area contributed by atoms with Crippen LogP contribution in [-0.2, 0) is 9.59 Å². The Balaban J connectivity index is 2.04. The molecular weight excluding hydrogens is 276 g/mol. The number of halogens is 1. The van der Waals surface area contributed by atoms with Gasteiger partial charge in [-0.05, 0) is 37.1 Å². The van der Waals surface area contributed by atoms with Crippen LogP contribution in [0.2, 0.25) is 5.02 Å². The molecule has 1 aromatic rings. The highest BCUT2D eigenvalue weighted by Crippen LogP contribution is 2.22. The molecule has 1 fully saturated rings. The Labute approximate surface area is 124 Å². The highest BCUT2D eigenvalue weighted by atomic mass is 35.5. The lowest BCUT2D eigenvalue weighted by molar-refractivity contribution is -0.139. The summed E-state index contributed by atoms with van der Waals surface area (Å²) < 4.78 is 0. The number of nitrogens with zero attached hydrogens (tertiary/aromatic N) is 1. The smallest absolute Gasteiger partial charge is 0.247 e. The number of likely N-dealkylation sites (tertiary alicyclic amines) is 1. The van der Waals surface area contributed by atoms with Gasteiger partial charge in [0.2, 0.25) is 11.8 Å². The van der Waals surface area contributed by atoms with E-state index in [0.29, 0.717) is 17.3 Å². The third kappa shape index (κ3) is 3.31. The summed E-state index contributed by atoms with van der Waals surface area (Å²) in [5.41, 5.74) is 0.697. The number of hydrogen-bond donors (Lipinski definition) is 1.